The standard InChI is InChI=1S/C7H13NO2/c1-6(7(9)10)4-2-3-5-8/h2-3,6H,4-5,8H2,1H3,(H,9,10)/b3-2+/t6-/m1/s1. The summed E-state index contributed by atoms with van der Waals surface area (Å²) < 4.78 is 0. The van der Waals surface area contributed by atoms with Gasteiger partial charge in [0.05, 0.1) is 5.92 Å². The molecule has 3 heteroatoms. The van der Waals surface area contributed by atoms with Gasteiger partial charge in [0.25, 0.3) is 0 Å². The van der Waals surface area contributed by atoms with Crippen LogP contribution in [0, 0.1) is 5.92 Å². The van der Waals surface area contributed by atoms with Crippen LogP contribution in [-0.2, 0) is 4.79 Å². The molecular weight excluding hydrogens is 130 g/mol. The van der Waals surface area contributed by atoms with E-state index in [0.29, 0.717) is 13.0 Å². The topological polar surface area (TPSA) is 63.3 Å². The second kappa shape index (κ2) is 4.99. The maximum absolute atomic E-state index is 10.2. The SMILES string of the molecule is C[C@H](C/C=C/CN)C(=O)O. The summed E-state index contributed by atoms with van der Waals surface area (Å²) in [5.41, 5.74) is 5.16. The lowest BCUT2D eigenvalue weighted by Crippen LogP contribution is -2.07. The molecule has 0 aliphatic rings. The van der Waals surface area contributed by atoms with Gasteiger partial charge in [-0.05, 0) is 6.42 Å². The Bertz CT molecular complexity index is 132. The first-order chi connectivity index (χ1) is 4.68. The van der Waals surface area contributed by atoms with Gasteiger partial charge in [-0.15, -0.1) is 0 Å². The van der Waals surface area contributed by atoms with Crippen LogP contribution in [0.5, 0.6) is 0 Å². The van der Waals surface area contributed by atoms with E-state index in [-0.39, 0.29) is 5.92 Å². The molecule has 0 spiro atoms. The molecule has 0 heterocycles. The monoisotopic (exact) mass is 143 g/mol. The molecule has 0 aromatic rings. The number of carboxylic acid groups (broad SMARTS) is 1. The van der Waals surface area contributed by atoms with E-state index in [9.17, 15) is 4.79 Å². The molecule has 0 aromatic heterocycles. The molecule has 0 amide bonds. The average molecular weight is 143 g/mol. The van der Waals surface area contributed by atoms with E-state index in [1.165, 1.54) is 0 Å². The Morgan fingerprint density at radius 2 is 2.30 bits per heavy atom. The molecule has 0 aliphatic carbocycles. The lowest BCUT2D eigenvalue weighted by molar-refractivity contribution is -0.140. The smallest absolute Gasteiger partial charge is 0.306 e. The van der Waals surface area contributed by atoms with E-state index < -0.39 is 5.97 Å². The Morgan fingerprint density at radius 1 is 1.70 bits per heavy atom. The molecule has 0 radical (unpaired) electrons. The van der Waals surface area contributed by atoms with Crippen molar-refractivity contribution in [2.75, 3.05) is 6.54 Å². The fourth-order valence-corrected chi connectivity index (χ4v) is 0.497. The second-order valence-corrected chi connectivity index (χ2v) is 2.18. The van der Waals surface area contributed by atoms with Crippen molar-refractivity contribution in [3.63, 3.8) is 0 Å². The first-order valence-electron chi connectivity index (χ1n) is 3.26. The van der Waals surface area contributed by atoms with Gasteiger partial charge in [0.15, 0.2) is 0 Å². The lowest BCUT2D eigenvalue weighted by Gasteiger charge is -1.98. The van der Waals surface area contributed by atoms with Crippen LogP contribution in [0.2, 0.25) is 0 Å². The minimum Gasteiger partial charge on any atom is -0.481 e. The number of hydrogen-bond acceptors (Lipinski definition) is 2. The van der Waals surface area contributed by atoms with Gasteiger partial charge < -0.3 is 10.8 Å². The van der Waals surface area contributed by atoms with Crippen LogP contribution >= 0.6 is 0 Å². The molecule has 0 rings (SSSR count). The summed E-state index contributed by atoms with van der Waals surface area (Å²) in [6.07, 6.45) is 4.12. The van der Waals surface area contributed by atoms with Gasteiger partial charge in [0, 0.05) is 6.54 Å². The van der Waals surface area contributed by atoms with Crippen LogP contribution in [0.15, 0.2) is 12.2 Å². The summed E-state index contributed by atoms with van der Waals surface area (Å²) >= 11 is 0. The molecule has 0 fully saturated rings. The summed E-state index contributed by atoms with van der Waals surface area (Å²) in [6, 6.07) is 0. The molecule has 10 heavy (non-hydrogen) atoms. The molecule has 1 atom stereocenters. The zero-order valence-electron chi connectivity index (χ0n) is 6.08. The van der Waals surface area contributed by atoms with E-state index in [2.05, 4.69) is 0 Å². The molecule has 0 saturated carbocycles. The predicted octanol–water partition coefficient (Wildman–Crippen LogP) is 0.612. The van der Waals surface area contributed by atoms with Crippen LogP contribution in [0.25, 0.3) is 0 Å². The summed E-state index contributed by atoms with van der Waals surface area (Å²) in [7, 11) is 0. The molecule has 58 valence electrons. The fourth-order valence-electron chi connectivity index (χ4n) is 0.497. The highest BCUT2D eigenvalue weighted by molar-refractivity contribution is 5.69. The van der Waals surface area contributed by atoms with E-state index >= 15 is 0 Å². The largest absolute Gasteiger partial charge is 0.481 e. The summed E-state index contributed by atoms with van der Waals surface area (Å²) in [5, 5.41) is 8.42. The van der Waals surface area contributed by atoms with Crippen molar-refractivity contribution in [3.05, 3.63) is 12.2 Å². The van der Waals surface area contributed by atoms with Crippen LogP contribution in [0.4, 0.5) is 0 Å². The highest BCUT2D eigenvalue weighted by atomic mass is 16.4. The van der Waals surface area contributed by atoms with Crippen LogP contribution in [-0.4, -0.2) is 17.6 Å². The van der Waals surface area contributed by atoms with Crippen LogP contribution in [0.1, 0.15) is 13.3 Å². The summed E-state index contributed by atoms with van der Waals surface area (Å²) in [4.78, 5) is 10.2. The van der Waals surface area contributed by atoms with E-state index in [1.807, 2.05) is 0 Å². The Kier molecular flexibility index (Phi) is 4.58. The number of hydrogen-bond donors (Lipinski definition) is 2. The Labute approximate surface area is 60.5 Å². The molecule has 0 aliphatic heterocycles. The van der Waals surface area contributed by atoms with Crippen molar-refractivity contribution in [2.45, 2.75) is 13.3 Å². The van der Waals surface area contributed by atoms with Gasteiger partial charge in [-0.25, -0.2) is 0 Å². The Hall–Kier alpha value is -0.830. The maximum atomic E-state index is 10.2. The van der Waals surface area contributed by atoms with Gasteiger partial charge in [0.1, 0.15) is 0 Å². The zero-order valence-corrected chi connectivity index (χ0v) is 6.08. The second-order valence-electron chi connectivity index (χ2n) is 2.18. The van der Waals surface area contributed by atoms with Gasteiger partial charge >= 0.3 is 5.97 Å². The first kappa shape index (κ1) is 9.17. The molecule has 3 N–H and O–H groups in total. The number of carboxylic acids is 1. The van der Waals surface area contributed by atoms with Crippen molar-refractivity contribution in [1.29, 1.82) is 0 Å². The maximum Gasteiger partial charge on any atom is 0.306 e. The Morgan fingerprint density at radius 3 is 2.70 bits per heavy atom. The number of rotatable bonds is 4. The third kappa shape index (κ3) is 4.09. The third-order valence-electron chi connectivity index (χ3n) is 1.21. The normalized spacial score (nSPS) is 13.8. The minimum atomic E-state index is -0.762. The number of aliphatic carboxylic acids is 1. The van der Waals surface area contributed by atoms with E-state index in [0.717, 1.165) is 0 Å². The van der Waals surface area contributed by atoms with Crippen molar-refractivity contribution >= 4 is 5.97 Å². The molecular formula is C7H13NO2. The molecule has 0 saturated heterocycles. The Balaban J connectivity index is 3.48. The summed E-state index contributed by atoms with van der Waals surface area (Å²) in [6.45, 7) is 2.15. The number of nitrogens with two attached hydrogens (primary N) is 1. The number of allylic oxidation sites excluding steroid dienone is 1. The molecule has 0 aromatic carbocycles. The average Bonchev–Trinajstić information content (AvgIpc) is 1.88. The zero-order chi connectivity index (χ0) is 7.98. The third-order valence-corrected chi connectivity index (χ3v) is 1.21. The lowest BCUT2D eigenvalue weighted by atomic mass is 10.1. The van der Waals surface area contributed by atoms with Crippen molar-refractivity contribution in [2.24, 2.45) is 11.7 Å². The predicted molar refractivity (Wildman–Crippen MR) is 39.6 cm³/mol. The van der Waals surface area contributed by atoms with Crippen LogP contribution in [0.3, 0.4) is 0 Å². The minimum absolute atomic E-state index is 0.303. The van der Waals surface area contributed by atoms with E-state index in [1.54, 1.807) is 19.1 Å². The van der Waals surface area contributed by atoms with Crippen molar-refractivity contribution in [1.82, 2.24) is 0 Å². The molecule has 3 nitrogen and oxygen atoms in total. The van der Waals surface area contributed by atoms with Crippen molar-refractivity contribution in [3.8, 4) is 0 Å². The molecule has 0 bridgehead atoms. The number of carbonyl (C=O) groups is 1. The van der Waals surface area contributed by atoms with Gasteiger partial charge in [-0.3, -0.25) is 4.79 Å². The van der Waals surface area contributed by atoms with Crippen LogP contribution < -0.4 is 5.73 Å². The quantitative estimate of drug-likeness (QED) is 0.567. The highest BCUT2D eigenvalue weighted by Crippen LogP contribution is 2.01. The fraction of sp³-hybridized carbons (Fsp3) is 0.571. The first-order valence-corrected chi connectivity index (χ1v) is 3.26. The highest BCUT2D eigenvalue weighted by Gasteiger charge is 2.06. The van der Waals surface area contributed by atoms with E-state index in [4.69, 9.17) is 10.8 Å². The van der Waals surface area contributed by atoms with Gasteiger partial charge in [0.2, 0.25) is 0 Å². The molecule has 0 unspecified atom stereocenters. The van der Waals surface area contributed by atoms with Crippen molar-refractivity contribution < 1.29 is 9.90 Å². The van der Waals surface area contributed by atoms with Gasteiger partial charge in [-0.1, -0.05) is 19.1 Å². The van der Waals surface area contributed by atoms with Gasteiger partial charge in [-0.2, -0.15) is 0 Å². The summed E-state index contributed by atoms with van der Waals surface area (Å²) in [5.74, 6) is -1.07.